The van der Waals surface area contributed by atoms with E-state index in [1.165, 1.54) is 10.9 Å². The second-order valence-corrected chi connectivity index (χ2v) is 4.48. The molecule has 0 spiro atoms. The van der Waals surface area contributed by atoms with Gasteiger partial charge in [0.05, 0.1) is 4.47 Å². The molecule has 0 radical (unpaired) electrons. The number of hydrogen-bond donors (Lipinski definition) is 1. The lowest BCUT2D eigenvalue weighted by molar-refractivity contribution is 0.473. The van der Waals surface area contributed by atoms with Gasteiger partial charge in [0.1, 0.15) is 5.75 Å². The zero-order chi connectivity index (χ0) is 8.72. The normalized spacial score (nSPS) is 10.8. The molecule has 2 aromatic rings. The zero-order valence-corrected chi connectivity index (χ0v) is 8.87. The van der Waals surface area contributed by atoms with Crippen LogP contribution in [0.2, 0.25) is 0 Å². The van der Waals surface area contributed by atoms with E-state index in [2.05, 4.69) is 28.2 Å². The van der Waals surface area contributed by atoms with Gasteiger partial charge in [-0.15, -0.1) is 11.3 Å². The molecule has 1 N–H and O–H groups in total. The summed E-state index contributed by atoms with van der Waals surface area (Å²) in [5.74, 6) is 0.310. The van der Waals surface area contributed by atoms with Gasteiger partial charge in [0.2, 0.25) is 0 Å². The Balaban J connectivity index is 2.87. The predicted octanol–water partition coefficient (Wildman–Crippen LogP) is 3.68. The number of phenols is 1. The van der Waals surface area contributed by atoms with Crippen LogP contribution in [0.5, 0.6) is 5.75 Å². The molecule has 0 amide bonds. The molecule has 1 nitrogen and oxygen atoms in total. The molecule has 0 saturated carbocycles. The van der Waals surface area contributed by atoms with Gasteiger partial charge in [0.25, 0.3) is 0 Å². The van der Waals surface area contributed by atoms with Gasteiger partial charge in [-0.1, -0.05) is 0 Å². The minimum atomic E-state index is 0.310. The number of phenolic OH excluding ortho intramolecular Hbond substituents is 1. The Morgan fingerprint density at radius 3 is 2.92 bits per heavy atom. The van der Waals surface area contributed by atoms with Crippen LogP contribution in [0.25, 0.3) is 10.1 Å². The summed E-state index contributed by atoms with van der Waals surface area (Å²) in [5, 5.41) is 12.7. The molecule has 0 aliphatic rings. The van der Waals surface area contributed by atoms with Gasteiger partial charge < -0.3 is 5.11 Å². The Morgan fingerprint density at radius 2 is 2.17 bits per heavy atom. The van der Waals surface area contributed by atoms with Crippen molar-refractivity contribution in [2.75, 3.05) is 0 Å². The van der Waals surface area contributed by atoms with Crippen LogP contribution in [-0.2, 0) is 0 Å². The minimum absolute atomic E-state index is 0.310. The summed E-state index contributed by atoms with van der Waals surface area (Å²) in [4.78, 5) is 0. The Labute approximate surface area is 82.8 Å². The first-order chi connectivity index (χ1) is 5.68. The van der Waals surface area contributed by atoms with Crippen molar-refractivity contribution in [1.82, 2.24) is 0 Å². The standard InChI is InChI=1S/C9H7BrOS/c1-5-4-12-9-3-8(11)7(10)2-6(5)9/h2-4,11H,1H3. The monoisotopic (exact) mass is 242 g/mol. The second kappa shape index (κ2) is 2.75. The summed E-state index contributed by atoms with van der Waals surface area (Å²) in [6.45, 7) is 2.07. The van der Waals surface area contributed by atoms with Crippen LogP contribution in [0.1, 0.15) is 5.56 Å². The van der Waals surface area contributed by atoms with E-state index in [1.807, 2.05) is 6.07 Å². The van der Waals surface area contributed by atoms with Crippen molar-refractivity contribution in [2.45, 2.75) is 6.92 Å². The topological polar surface area (TPSA) is 20.2 Å². The van der Waals surface area contributed by atoms with Gasteiger partial charge in [0.15, 0.2) is 0 Å². The van der Waals surface area contributed by atoms with Gasteiger partial charge in [-0.3, -0.25) is 0 Å². The van der Waals surface area contributed by atoms with Gasteiger partial charge >= 0.3 is 0 Å². The lowest BCUT2D eigenvalue weighted by Gasteiger charge is -1.96. The molecule has 1 aromatic heterocycles. The van der Waals surface area contributed by atoms with Gasteiger partial charge in [-0.25, -0.2) is 0 Å². The Hall–Kier alpha value is -0.540. The third kappa shape index (κ3) is 1.13. The van der Waals surface area contributed by atoms with E-state index in [0.717, 1.165) is 9.17 Å². The highest BCUT2D eigenvalue weighted by Gasteiger charge is 2.04. The number of hydrogen-bond acceptors (Lipinski definition) is 2. The molecule has 0 aliphatic heterocycles. The van der Waals surface area contributed by atoms with Crippen LogP contribution in [0, 0.1) is 6.92 Å². The first-order valence-electron chi connectivity index (χ1n) is 3.55. The molecule has 2 rings (SSSR count). The van der Waals surface area contributed by atoms with Crippen LogP contribution in [0.3, 0.4) is 0 Å². The zero-order valence-electron chi connectivity index (χ0n) is 6.47. The van der Waals surface area contributed by atoms with Crippen molar-refractivity contribution >= 4 is 37.4 Å². The van der Waals surface area contributed by atoms with Gasteiger partial charge in [-0.05, 0) is 51.3 Å². The molecule has 0 bridgehead atoms. The average Bonchev–Trinajstić information content (AvgIpc) is 2.35. The summed E-state index contributed by atoms with van der Waals surface area (Å²) in [6.07, 6.45) is 0. The van der Waals surface area contributed by atoms with Crippen molar-refractivity contribution < 1.29 is 5.11 Å². The number of rotatable bonds is 0. The molecule has 1 aromatic carbocycles. The predicted molar refractivity (Wildman–Crippen MR) is 55.9 cm³/mol. The van der Waals surface area contributed by atoms with Crippen LogP contribution >= 0.6 is 27.3 Å². The summed E-state index contributed by atoms with van der Waals surface area (Å²) < 4.78 is 1.89. The maximum absolute atomic E-state index is 9.39. The first kappa shape index (κ1) is 8.08. The molecule has 62 valence electrons. The fraction of sp³-hybridized carbons (Fsp3) is 0.111. The lowest BCUT2D eigenvalue weighted by Crippen LogP contribution is -1.70. The Kier molecular flexibility index (Phi) is 1.85. The SMILES string of the molecule is Cc1csc2cc(O)c(Br)cc12. The molecule has 0 saturated heterocycles. The maximum atomic E-state index is 9.39. The molecule has 0 aliphatic carbocycles. The smallest absolute Gasteiger partial charge is 0.131 e. The molecular formula is C9H7BrOS. The summed E-state index contributed by atoms with van der Waals surface area (Å²) in [5.41, 5.74) is 1.26. The van der Waals surface area contributed by atoms with Crippen molar-refractivity contribution in [3.63, 3.8) is 0 Å². The highest BCUT2D eigenvalue weighted by atomic mass is 79.9. The molecule has 0 unspecified atom stereocenters. The number of benzene rings is 1. The molecule has 0 fully saturated rings. The molecule has 0 atom stereocenters. The largest absolute Gasteiger partial charge is 0.507 e. The third-order valence-corrected chi connectivity index (χ3v) is 3.53. The summed E-state index contributed by atoms with van der Waals surface area (Å²) in [6, 6.07) is 3.74. The van der Waals surface area contributed by atoms with E-state index in [4.69, 9.17) is 0 Å². The number of fused-ring (bicyclic) bond motifs is 1. The van der Waals surface area contributed by atoms with E-state index >= 15 is 0 Å². The van der Waals surface area contributed by atoms with E-state index in [-0.39, 0.29) is 0 Å². The summed E-state index contributed by atoms with van der Waals surface area (Å²) in [7, 11) is 0. The number of thiophene rings is 1. The quantitative estimate of drug-likeness (QED) is 0.748. The highest BCUT2D eigenvalue weighted by molar-refractivity contribution is 9.10. The van der Waals surface area contributed by atoms with E-state index in [0.29, 0.717) is 5.75 Å². The van der Waals surface area contributed by atoms with Crippen LogP contribution < -0.4 is 0 Å². The molecule has 12 heavy (non-hydrogen) atoms. The van der Waals surface area contributed by atoms with Gasteiger partial charge in [0, 0.05) is 4.70 Å². The number of aryl methyl sites for hydroxylation is 1. The van der Waals surface area contributed by atoms with E-state index < -0.39 is 0 Å². The number of aromatic hydroxyl groups is 1. The summed E-state index contributed by atoms with van der Waals surface area (Å²) >= 11 is 4.95. The fourth-order valence-corrected chi connectivity index (χ4v) is 2.46. The average molecular weight is 243 g/mol. The minimum Gasteiger partial charge on any atom is -0.507 e. The maximum Gasteiger partial charge on any atom is 0.131 e. The first-order valence-corrected chi connectivity index (χ1v) is 5.22. The molecule has 1 heterocycles. The van der Waals surface area contributed by atoms with Crippen LogP contribution in [-0.4, -0.2) is 5.11 Å². The third-order valence-electron chi connectivity index (χ3n) is 1.84. The van der Waals surface area contributed by atoms with Crippen molar-refractivity contribution in [1.29, 1.82) is 0 Å². The fourth-order valence-electron chi connectivity index (χ4n) is 1.16. The number of halogens is 1. The van der Waals surface area contributed by atoms with Crippen molar-refractivity contribution in [3.05, 3.63) is 27.5 Å². The van der Waals surface area contributed by atoms with E-state index in [1.54, 1.807) is 17.4 Å². The van der Waals surface area contributed by atoms with Crippen LogP contribution in [0.15, 0.2) is 22.0 Å². The molecular weight excluding hydrogens is 236 g/mol. The lowest BCUT2D eigenvalue weighted by atomic mass is 10.2. The Morgan fingerprint density at radius 1 is 1.42 bits per heavy atom. The van der Waals surface area contributed by atoms with E-state index in [9.17, 15) is 5.11 Å². The molecule has 3 heteroatoms. The Bertz CT molecular complexity index is 433. The van der Waals surface area contributed by atoms with Crippen molar-refractivity contribution in [3.8, 4) is 5.75 Å². The van der Waals surface area contributed by atoms with Gasteiger partial charge in [-0.2, -0.15) is 0 Å². The van der Waals surface area contributed by atoms with Crippen LogP contribution in [0.4, 0.5) is 0 Å². The second-order valence-electron chi connectivity index (χ2n) is 2.72. The highest BCUT2D eigenvalue weighted by Crippen LogP contribution is 2.34. The van der Waals surface area contributed by atoms with Crippen molar-refractivity contribution in [2.24, 2.45) is 0 Å².